The molecule has 5 heteroatoms. The maximum atomic E-state index is 5.33. The lowest BCUT2D eigenvalue weighted by Crippen LogP contribution is -2.17. The summed E-state index contributed by atoms with van der Waals surface area (Å²) in [5.41, 5.74) is 0. The molecule has 0 spiro atoms. The summed E-state index contributed by atoms with van der Waals surface area (Å²) in [5, 5.41) is 3.01. The van der Waals surface area contributed by atoms with Crippen LogP contribution in [-0.2, 0) is 18.9 Å². The van der Waals surface area contributed by atoms with Gasteiger partial charge in [0.15, 0.2) is 0 Å². The molecule has 0 bridgehead atoms. The Kier molecular flexibility index (Phi) is 13.7. The first-order chi connectivity index (χ1) is 8.27. The molecule has 0 aromatic heterocycles. The van der Waals surface area contributed by atoms with Gasteiger partial charge < -0.3 is 24.3 Å². The van der Waals surface area contributed by atoms with Crippen LogP contribution in [0.25, 0.3) is 0 Å². The first-order valence-corrected chi connectivity index (χ1v) is 6.26. The fourth-order valence-corrected chi connectivity index (χ4v) is 1.06. The van der Waals surface area contributed by atoms with Crippen molar-refractivity contribution in [3.63, 3.8) is 0 Å². The lowest BCUT2D eigenvalue weighted by molar-refractivity contribution is -0.0114. The van der Waals surface area contributed by atoms with Crippen LogP contribution in [0, 0.1) is 0 Å². The number of rotatable bonds is 13. The van der Waals surface area contributed by atoms with Crippen LogP contribution in [0.3, 0.4) is 0 Å². The van der Waals surface area contributed by atoms with Crippen molar-refractivity contribution < 1.29 is 18.9 Å². The van der Waals surface area contributed by atoms with Crippen molar-refractivity contribution in [2.24, 2.45) is 0 Å². The molecule has 0 aromatic rings. The fraction of sp³-hybridized carbons (Fsp3) is 1.00. The highest BCUT2D eigenvalue weighted by molar-refractivity contribution is 4.38. The van der Waals surface area contributed by atoms with Gasteiger partial charge >= 0.3 is 0 Å². The van der Waals surface area contributed by atoms with E-state index in [0.29, 0.717) is 39.6 Å². The Morgan fingerprint density at radius 1 is 0.765 bits per heavy atom. The summed E-state index contributed by atoms with van der Waals surface area (Å²) in [4.78, 5) is 0. The smallest absolute Gasteiger partial charge is 0.0703 e. The lowest BCUT2D eigenvalue weighted by atomic mass is 10.5. The largest absolute Gasteiger partial charge is 0.378 e. The minimum atomic E-state index is 0.268. The molecule has 0 rings (SSSR count). The van der Waals surface area contributed by atoms with Crippen LogP contribution in [0.5, 0.6) is 0 Å². The normalized spacial score (nSPS) is 11.3. The van der Waals surface area contributed by atoms with Gasteiger partial charge in [0.25, 0.3) is 0 Å². The molecule has 0 aliphatic heterocycles. The highest BCUT2D eigenvalue weighted by Gasteiger charge is 1.94. The average Bonchev–Trinajstić information content (AvgIpc) is 2.30. The van der Waals surface area contributed by atoms with Gasteiger partial charge in [-0.2, -0.15) is 0 Å². The maximum Gasteiger partial charge on any atom is 0.0703 e. The number of hydrogen-bond donors (Lipinski definition) is 1. The van der Waals surface area contributed by atoms with Crippen molar-refractivity contribution in [3.05, 3.63) is 0 Å². The number of hydrogen-bond acceptors (Lipinski definition) is 5. The molecule has 1 N–H and O–H groups in total. The predicted molar refractivity (Wildman–Crippen MR) is 67.5 cm³/mol. The highest BCUT2D eigenvalue weighted by atomic mass is 16.6. The van der Waals surface area contributed by atoms with E-state index in [9.17, 15) is 0 Å². The van der Waals surface area contributed by atoms with E-state index in [0.717, 1.165) is 13.2 Å². The van der Waals surface area contributed by atoms with Crippen LogP contribution in [0.4, 0.5) is 0 Å². The van der Waals surface area contributed by atoms with Crippen molar-refractivity contribution in [3.8, 4) is 0 Å². The minimum Gasteiger partial charge on any atom is -0.378 e. The van der Waals surface area contributed by atoms with Gasteiger partial charge in [-0.3, -0.25) is 0 Å². The SMILES string of the molecule is CNCCOCCOCCOCCOC(C)C. The second kappa shape index (κ2) is 13.9. The Hall–Kier alpha value is -0.200. The van der Waals surface area contributed by atoms with E-state index in [1.807, 2.05) is 20.9 Å². The van der Waals surface area contributed by atoms with Gasteiger partial charge in [0, 0.05) is 6.54 Å². The Bertz CT molecular complexity index is 144. The van der Waals surface area contributed by atoms with Crippen molar-refractivity contribution in [2.45, 2.75) is 20.0 Å². The molecule has 5 nitrogen and oxygen atoms in total. The second-order valence-corrected chi connectivity index (χ2v) is 3.86. The predicted octanol–water partition coefficient (Wildman–Crippen LogP) is 0.681. The molecule has 0 aliphatic carbocycles. The second-order valence-electron chi connectivity index (χ2n) is 3.86. The Morgan fingerprint density at radius 3 is 1.71 bits per heavy atom. The summed E-state index contributed by atoms with van der Waals surface area (Å²) in [6.07, 6.45) is 0.268. The lowest BCUT2D eigenvalue weighted by Gasteiger charge is -2.08. The number of ether oxygens (including phenoxy) is 4. The molecule has 0 saturated carbocycles. The molecule has 0 unspecified atom stereocenters. The maximum absolute atomic E-state index is 5.33. The van der Waals surface area contributed by atoms with Gasteiger partial charge in [-0.05, 0) is 20.9 Å². The summed E-state index contributed by atoms with van der Waals surface area (Å²) >= 11 is 0. The molecule has 104 valence electrons. The zero-order valence-electron chi connectivity index (χ0n) is 11.4. The molecule has 0 amide bonds. The van der Waals surface area contributed by atoms with Crippen LogP contribution < -0.4 is 5.32 Å². The van der Waals surface area contributed by atoms with Gasteiger partial charge in [0.2, 0.25) is 0 Å². The van der Waals surface area contributed by atoms with E-state index in [-0.39, 0.29) is 6.10 Å². The number of nitrogens with one attached hydrogen (secondary N) is 1. The standard InChI is InChI=1S/C12H27NO4/c1-12(2)17-11-10-16-9-8-15-7-6-14-5-4-13-3/h12-13H,4-11H2,1-3H3. The molecule has 0 saturated heterocycles. The third-order valence-corrected chi connectivity index (χ3v) is 1.92. The van der Waals surface area contributed by atoms with Crippen molar-refractivity contribution in [1.29, 1.82) is 0 Å². The number of likely N-dealkylation sites (N-methyl/N-ethyl adjacent to an activating group) is 1. The van der Waals surface area contributed by atoms with Crippen molar-refractivity contribution in [1.82, 2.24) is 5.32 Å². The quantitative estimate of drug-likeness (QED) is 0.486. The van der Waals surface area contributed by atoms with Crippen LogP contribution in [0.15, 0.2) is 0 Å². The summed E-state index contributed by atoms with van der Waals surface area (Å²) < 4.78 is 21.3. The molecule has 0 heterocycles. The molecule has 0 aromatic carbocycles. The van der Waals surface area contributed by atoms with Gasteiger partial charge in [-0.25, -0.2) is 0 Å². The van der Waals surface area contributed by atoms with Gasteiger partial charge in [0.05, 0.1) is 52.4 Å². The zero-order valence-corrected chi connectivity index (χ0v) is 11.4. The van der Waals surface area contributed by atoms with Gasteiger partial charge in [-0.15, -0.1) is 0 Å². The van der Waals surface area contributed by atoms with Crippen LogP contribution >= 0.6 is 0 Å². The summed E-state index contributed by atoms with van der Waals surface area (Å²) in [5.74, 6) is 0. The first kappa shape index (κ1) is 16.8. The highest BCUT2D eigenvalue weighted by Crippen LogP contribution is 1.87. The minimum absolute atomic E-state index is 0.268. The Morgan fingerprint density at radius 2 is 1.24 bits per heavy atom. The van der Waals surface area contributed by atoms with Crippen molar-refractivity contribution >= 4 is 0 Å². The fourth-order valence-electron chi connectivity index (χ4n) is 1.06. The van der Waals surface area contributed by atoms with Gasteiger partial charge in [-0.1, -0.05) is 0 Å². The monoisotopic (exact) mass is 249 g/mol. The van der Waals surface area contributed by atoms with Crippen LogP contribution in [0.1, 0.15) is 13.8 Å². The van der Waals surface area contributed by atoms with Crippen LogP contribution in [-0.4, -0.2) is 65.9 Å². The van der Waals surface area contributed by atoms with E-state index >= 15 is 0 Å². The Labute approximate surface area is 105 Å². The summed E-state index contributed by atoms with van der Waals surface area (Å²) in [7, 11) is 1.90. The summed E-state index contributed by atoms with van der Waals surface area (Å²) in [6.45, 7) is 9.37. The molecule has 0 radical (unpaired) electrons. The average molecular weight is 249 g/mol. The Balaban J connectivity index is 2.89. The molecule has 0 atom stereocenters. The molecular formula is C12H27NO4. The third-order valence-electron chi connectivity index (χ3n) is 1.92. The molecular weight excluding hydrogens is 222 g/mol. The molecule has 17 heavy (non-hydrogen) atoms. The van der Waals surface area contributed by atoms with E-state index in [1.54, 1.807) is 0 Å². The molecule has 0 aliphatic rings. The third kappa shape index (κ3) is 15.8. The van der Waals surface area contributed by atoms with E-state index in [4.69, 9.17) is 18.9 Å². The van der Waals surface area contributed by atoms with E-state index < -0.39 is 0 Å². The summed E-state index contributed by atoms with van der Waals surface area (Å²) in [6, 6.07) is 0. The first-order valence-electron chi connectivity index (χ1n) is 6.26. The van der Waals surface area contributed by atoms with E-state index in [1.165, 1.54) is 0 Å². The van der Waals surface area contributed by atoms with Gasteiger partial charge in [0.1, 0.15) is 0 Å². The zero-order chi connectivity index (χ0) is 12.8. The topological polar surface area (TPSA) is 49.0 Å². The van der Waals surface area contributed by atoms with Crippen molar-refractivity contribution in [2.75, 3.05) is 59.8 Å². The van der Waals surface area contributed by atoms with Crippen LogP contribution in [0.2, 0.25) is 0 Å². The molecule has 0 fully saturated rings. The van der Waals surface area contributed by atoms with E-state index in [2.05, 4.69) is 5.32 Å².